The Kier molecular flexibility index (Phi) is 3.17. The predicted octanol–water partition coefficient (Wildman–Crippen LogP) is 3.37. The van der Waals surface area contributed by atoms with Crippen molar-refractivity contribution < 1.29 is 0 Å². The fourth-order valence-electron chi connectivity index (χ4n) is 2.25. The van der Waals surface area contributed by atoms with Gasteiger partial charge >= 0.3 is 0 Å². The molecule has 0 N–H and O–H groups in total. The molecule has 0 radical (unpaired) electrons. The van der Waals surface area contributed by atoms with Crippen LogP contribution in [0.1, 0.15) is 28.4 Å². The van der Waals surface area contributed by atoms with Crippen LogP contribution in [0.4, 0.5) is 0 Å². The minimum Gasteiger partial charge on any atom is -0.289 e. The molecule has 3 nitrogen and oxygen atoms in total. The topological polar surface area (TPSA) is 29.0 Å². The van der Waals surface area contributed by atoms with Gasteiger partial charge in [-0.3, -0.25) is 4.90 Å². The summed E-state index contributed by atoms with van der Waals surface area (Å²) in [5, 5.41) is 11.1. The van der Waals surface area contributed by atoms with Crippen molar-refractivity contribution in [2.24, 2.45) is 0 Å². The van der Waals surface area contributed by atoms with Crippen molar-refractivity contribution in [1.82, 2.24) is 15.1 Å². The quantitative estimate of drug-likeness (QED) is 0.847. The average Bonchev–Trinajstić information content (AvgIpc) is 2.92. The van der Waals surface area contributed by atoms with Crippen LogP contribution >= 0.6 is 34.3 Å². The van der Waals surface area contributed by atoms with E-state index in [0.29, 0.717) is 10.5 Å². The first-order chi connectivity index (χ1) is 8.24. The second kappa shape index (κ2) is 4.65. The van der Waals surface area contributed by atoms with Gasteiger partial charge in [0.1, 0.15) is 5.01 Å². The standard InChI is InChI=1S/C11H12ClN3S2/c1-7-8-3-5-16-9(8)2-4-15(7)6-10-13-14-11(12)17-10/h3,5,7H,2,4,6H2,1H3. The van der Waals surface area contributed by atoms with Gasteiger partial charge in [-0.05, 0) is 42.0 Å². The summed E-state index contributed by atoms with van der Waals surface area (Å²) in [5.41, 5.74) is 1.47. The van der Waals surface area contributed by atoms with Crippen molar-refractivity contribution in [3.8, 4) is 0 Å². The van der Waals surface area contributed by atoms with E-state index in [1.54, 1.807) is 0 Å². The van der Waals surface area contributed by atoms with Crippen LogP contribution in [0.5, 0.6) is 0 Å². The Morgan fingerprint density at radius 2 is 2.41 bits per heavy atom. The molecule has 3 heterocycles. The van der Waals surface area contributed by atoms with E-state index in [9.17, 15) is 0 Å². The summed E-state index contributed by atoms with van der Waals surface area (Å²) in [4.78, 5) is 3.97. The first-order valence-electron chi connectivity index (χ1n) is 5.52. The van der Waals surface area contributed by atoms with Gasteiger partial charge in [-0.2, -0.15) is 0 Å². The molecule has 0 aromatic carbocycles. The molecule has 90 valence electrons. The fourth-order valence-corrected chi connectivity index (χ4v) is 4.10. The fraction of sp³-hybridized carbons (Fsp3) is 0.455. The molecule has 0 aliphatic carbocycles. The lowest BCUT2D eigenvalue weighted by molar-refractivity contribution is 0.191. The Morgan fingerprint density at radius 3 is 3.18 bits per heavy atom. The number of thiophene rings is 1. The van der Waals surface area contributed by atoms with Crippen LogP contribution in [-0.2, 0) is 13.0 Å². The molecule has 2 aromatic rings. The Labute approximate surface area is 113 Å². The lowest BCUT2D eigenvalue weighted by Crippen LogP contribution is -2.32. The zero-order valence-electron chi connectivity index (χ0n) is 9.39. The van der Waals surface area contributed by atoms with Crippen LogP contribution in [0.3, 0.4) is 0 Å². The van der Waals surface area contributed by atoms with Crippen LogP contribution in [0, 0.1) is 0 Å². The molecule has 3 rings (SSSR count). The number of halogens is 1. The van der Waals surface area contributed by atoms with Gasteiger partial charge in [0, 0.05) is 17.5 Å². The molecule has 2 aromatic heterocycles. The normalized spacial score (nSPS) is 20.5. The van der Waals surface area contributed by atoms with Gasteiger partial charge < -0.3 is 0 Å². The first-order valence-corrected chi connectivity index (χ1v) is 7.59. The van der Waals surface area contributed by atoms with Crippen molar-refractivity contribution in [2.75, 3.05) is 6.54 Å². The maximum Gasteiger partial charge on any atom is 0.207 e. The molecule has 0 bridgehead atoms. The van der Waals surface area contributed by atoms with Crippen molar-refractivity contribution in [3.05, 3.63) is 31.4 Å². The Morgan fingerprint density at radius 1 is 1.53 bits per heavy atom. The molecule has 6 heteroatoms. The molecular weight excluding hydrogens is 274 g/mol. The summed E-state index contributed by atoms with van der Waals surface area (Å²) in [5.74, 6) is 0. The van der Waals surface area contributed by atoms with Crippen LogP contribution < -0.4 is 0 Å². The van der Waals surface area contributed by atoms with E-state index in [1.165, 1.54) is 21.8 Å². The van der Waals surface area contributed by atoms with Crippen LogP contribution in [0.25, 0.3) is 0 Å². The third kappa shape index (κ3) is 2.25. The number of hydrogen-bond acceptors (Lipinski definition) is 5. The second-order valence-electron chi connectivity index (χ2n) is 4.14. The van der Waals surface area contributed by atoms with Crippen molar-refractivity contribution in [3.63, 3.8) is 0 Å². The Bertz CT molecular complexity index is 522. The zero-order chi connectivity index (χ0) is 11.8. The monoisotopic (exact) mass is 285 g/mol. The lowest BCUT2D eigenvalue weighted by atomic mass is 10.0. The lowest BCUT2D eigenvalue weighted by Gasteiger charge is -2.32. The zero-order valence-corrected chi connectivity index (χ0v) is 11.8. The van der Waals surface area contributed by atoms with Gasteiger partial charge in [0.05, 0.1) is 6.54 Å². The van der Waals surface area contributed by atoms with Gasteiger partial charge in [0.15, 0.2) is 0 Å². The van der Waals surface area contributed by atoms with Crippen molar-refractivity contribution >= 4 is 34.3 Å². The molecule has 1 aliphatic heterocycles. The maximum atomic E-state index is 5.81. The number of aromatic nitrogens is 2. The molecule has 1 atom stereocenters. The molecule has 1 aliphatic rings. The van der Waals surface area contributed by atoms with Gasteiger partial charge in [-0.1, -0.05) is 11.3 Å². The highest BCUT2D eigenvalue weighted by Crippen LogP contribution is 2.34. The summed E-state index contributed by atoms with van der Waals surface area (Å²) in [6, 6.07) is 2.71. The van der Waals surface area contributed by atoms with E-state index < -0.39 is 0 Å². The minimum atomic E-state index is 0.465. The average molecular weight is 286 g/mol. The minimum absolute atomic E-state index is 0.465. The van der Waals surface area contributed by atoms with Crippen LogP contribution in [-0.4, -0.2) is 21.6 Å². The molecule has 0 saturated carbocycles. The summed E-state index contributed by atoms with van der Waals surface area (Å²) in [7, 11) is 0. The Hall–Kier alpha value is -0.490. The maximum absolute atomic E-state index is 5.81. The highest BCUT2D eigenvalue weighted by Gasteiger charge is 2.25. The molecule has 0 spiro atoms. The molecule has 0 fully saturated rings. The first kappa shape index (κ1) is 11.6. The summed E-state index contributed by atoms with van der Waals surface area (Å²) in [6.07, 6.45) is 1.14. The van der Waals surface area contributed by atoms with Crippen molar-refractivity contribution in [2.45, 2.75) is 25.9 Å². The highest BCUT2D eigenvalue weighted by molar-refractivity contribution is 7.15. The van der Waals surface area contributed by atoms with E-state index in [4.69, 9.17) is 11.6 Å². The van der Waals surface area contributed by atoms with Gasteiger partial charge in [-0.25, -0.2) is 0 Å². The summed E-state index contributed by atoms with van der Waals surface area (Å²) >= 11 is 9.15. The van der Waals surface area contributed by atoms with E-state index in [-0.39, 0.29) is 0 Å². The second-order valence-corrected chi connectivity index (χ2v) is 6.79. The SMILES string of the molecule is CC1c2ccsc2CCN1Cc1nnc(Cl)s1. The summed E-state index contributed by atoms with van der Waals surface area (Å²) < 4.78 is 0.529. The van der Waals surface area contributed by atoms with Gasteiger partial charge in [-0.15, -0.1) is 21.5 Å². The van der Waals surface area contributed by atoms with E-state index in [1.807, 2.05) is 11.3 Å². The number of rotatable bonds is 2. The van der Waals surface area contributed by atoms with E-state index >= 15 is 0 Å². The molecular formula is C11H12ClN3S2. The van der Waals surface area contributed by atoms with Gasteiger partial charge in [0.2, 0.25) is 4.47 Å². The van der Waals surface area contributed by atoms with Crippen molar-refractivity contribution in [1.29, 1.82) is 0 Å². The summed E-state index contributed by atoms with van der Waals surface area (Å²) in [6.45, 7) is 4.19. The highest BCUT2D eigenvalue weighted by atomic mass is 35.5. The van der Waals surface area contributed by atoms with E-state index in [2.05, 4.69) is 33.5 Å². The number of hydrogen-bond donors (Lipinski definition) is 0. The molecule has 0 amide bonds. The van der Waals surface area contributed by atoms with Gasteiger partial charge in [0.25, 0.3) is 0 Å². The van der Waals surface area contributed by atoms with Crippen LogP contribution in [0.2, 0.25) is 4.47 Å². The third-order valence-corrected chi connectivity index (χ3v) is 5.18. The number of fused-ring (bicyclic) bond motifs is 1. The molecule has 0 saturated heterocycles. The van der Waals surface area contributed by atoms with Crippen LogP contribution in [0.15, 0.2) is 11.4 Å². The van der Waals surface area contributed by atoms with E-state index in [0.717, 1.165) is 24.5 Å². The smallest absolute Gasteiger partial charge is 0.207 e. The number of nitrogens with zero attached hydrogens (tertiary/aromatic N) is 3. The molecule has 17 heavy (non-hydrogen) atoms. The predicted molar refractivity (Wildman–Crippen MR) is 71.8 cm³/mol. The third-order valence-electron chi connectivity index (χ3n) is 3.18. The Balaban J connectivity index is 1.78. The molecule has 1 unspecified atom stereocenters. The largest absolute Gasteiger partial charge is 0.289 e.